The summed E-state index contributed by atoms with van der Waals surface area (Å²) < 4.78 is 10.8. The van der Waals surface area contributed by atoms with Crippen LogP contribution in [0.5, 0.6) is 0 Å². The normalized spacial score (nSPS) is 28.5. The summed E-state index contributed by atoms with van der Waals surface area (Å²) in [6, 6.07) is 11.4. The predicted molar refractivity (Wildman–Crippen MR) is 139 cm³/mol. The smallest absolute Gasteiger partial charge is 0.350 e. The van der Waals surface area contributed by atoms with Gasteiger partial charge in [-0.15, -0.1) is 11.3 Å². The number of nitrogens with one attached hydrogen (secondary N) is 1. The molecule has 2 aromatic rings. The predicted octanol–water partition coefficient (Wildman–Crippen LogP) is 6.20. The van der Waals surface area contributed by atoms with Crippen LogP contribution >= 0.6 is 27.3 Å². The first kappa shape index (κ1) is 24.5. The molecule has 4 aliphatic carbocycles. The number of carbonyl (C=O) groups is 3. The monoisotopic (exact) mass is 559 g/mol. The lowest BCUT2D eigenvalue weighted by Gasteiger charge is -2.60. The van der Waals surface area contributed by atoms with E-state index in [1.807, 2.05) is 30.3 Å². The van der Waals surface area contributed by atoms with Gasteiger partial charge in [-0.05, 0) is 74.3 Å². The molecule has 1 heterocycles. The van der Waals surface area contributed by atoms with Crippen molar-refractivity contribution >= 4 is 50.8 Å². The van der Waals surface area contributed by atoms with E-state index in [-0.39, 0.29) is 28.9 Å². The van der Waals surface area contributed by atoms with Crippen LogP contribution in [0.25, 0.3) is 10.4 Å². The maximum absolute atomic E-state index is 12.7. The standard InChI is InChI=1S/C27H30BrNO5S/c1-2-33-25(32)24-20(9-21(35-24)19-6-4-3-5-7-19)29-22(30)15-34-23(31)14-26-10-17-8-18(11-26)13-27(28,12-17)16-26/h3-7,9,17-18H,2,8,10-16H2,1H3,(H,29,30)/t17-,18-,26?,27?/m1/s1. The molecular weight excluding hydrogens is 530 g/mol. The molecule has 4 fully saturated rings. The average Bonchev–Trinajstić information content (AvgIpc) is 3.20. The van der Waals surface area contributed by atoms with E-state index in [4.69, 9.17) is 9.47 Å². The highest BCUT2D eigenvalue weighted by molar-refractivity contribution is 9.10. The highest BCUT2D eigenvalue weighted by atomic mass is 79.9. The Morgan fingerprint density at radius 2 is 1.80 bits per heavy atom. The molecule has 0 aliphatic heterocycles. The van der Waals surface area contributed by atoms with E-state index in [0.717, 1.165) is 29.7 Å². The van der Waals surface area contributed by atoms with Gasteiger partial charge in [-0.2, -0.15) is 0 Å². The summed E-state index contributed by atoms with van der Waals surface area (Å²) in [6.45, 7) is 1.60. The van der Waals surface area contributed by atoms with Gasteiger partial charge in [0.1, 0.15) is 4.88 Å². The topological polar surface area (TPSA) is 81.7 Å². The molecule has 4 aliphatic rings. The minimum Gasteiger partial charge on any atom is -0.462 e. The second-order valence-electron chi connectivity index (χ2n) is 10.4. The van der Waals surface area contributed by atoms with Gasteiger partial charge in [0.15, 0.2) is 6.61 Å². The van der Waals surface area contributed by atoms with Gasteiger partial charge in [0.25, 0.3) is 5.91 Å². The molecule has 0 unspecified atom stereocenters. The van der Waals surface area contributed by atoms with Gasteiger partial charge < -0.3 is 14.8 Å². The zero-order valence-corrected chi connectivity index (χ0v) is 22.2. The molecule has 2 atom stereocenters. The van der Waals surface area contributed by atoms with Gasteiger partial charge in [0.05, 0.1) is 18.7 Å². The maximum atomic E-state index is 12.7. The lowest BCUT2D eigenvalue weighted by Crippen LogP contribution is -2.53. The van der Waals surface area contributed by atoms with Gasteiger partial charge in [-0.25, -0.2) is 4.79 Å². The average molecular weight is 561 g/mol. The van der Waals surface area contributed by atoms with Gasteiger partial charge in [0, 0.05) is 9.20 Å². The number of ether oxygens (including phenoxy) is 2. The van der Waals surface area contributed by atoms with Crippen LogP contribution in [0.15, 0.2) is 36.4 Å². The molecule has 35 heavy (non-hydrogen) atoms. The molecule has 8 heteroatoms. The third-order valence-electron chi connectivity index (χ3n) is 7.52. The van der Waals surface area contributed by atoms with Crippen LogP contribution in [0.3, 0.4) is 0 Å². The highest BCUT2D eigenvalue weighted by Crippen LogP contribution is 2.65. The number of hydrogen-bond acceptors (Lipinski definition) is 6. The van der Waals surface area contributed by atoms with Crippen LogP contribution in [0.1, 0.15) is 61.5 Å². The molecule has 1 N–H and O–H groups in total. The molecule has 6 nitrogen and oxygen atoms in total. The van der Waals surface area contributed by atoms with E-state index in [1.165, 1.54) is 30.6 Å². The fourth-order valence-electron chi connectivity index (χ4n) is 6.81. The van der Waals surface area contributed by atoms with Crippen molar-refractivity contribution in [3.8, 4) is 10.4 Å². The van der Waals surface area contributed by atoms with E-state index in [1.54, 1.807) is 13.0 Å². The Balaban J connectivity index is 1.21. The number of alkyl halides is 1. The Morgan fingerprint density at radius 1 is 1.09 bits per heavy atom. The van der Waals surface area contributed by atoms with Crippen molar-refractivity contribution in [1.82, 2.24) is 0 Å². The lowest BCUT2D eigenvalue weighted by molar-refractivity contribution is -0.153. The summed E-state index contributed by atoms with van der Waals surface area (Å²) in [5.41, 5.74) is 1.31. The number of esters is 2. The third kappa shape index (κ3) is 5.33. The van der Waals surface area contributed by atoms with Gasteiger partial charge >= 0.3 is 11.9 Å². The Bertz CT molecular complexity index is 1120. The number of halogens is 1. The van der Waals surface area contributed by atoms with Crippen LogP contribution in [0.2, 0.25) is 0 Å². The summed E-state index contributed by atoms with van der Waals surface area (Å²) in [5, 5.41) is 2.75. The number of carbonyl (C=O) groups excluding carboxylic acids is 3. The van der Waals surface area contributed by atoms with E-state index < -0.39 is 11.9 Å². The summed E-state index contributed by atoms with van der Waals surface area (Å²) in [4.78, 5) is 39.1. The first-order chi connectivity index (χ1) is 16.8. The van der Waals surface area contributed by atoms with Crippen LogP contribution in [0, 0.1) is 17.3 Å². The van der Waals surface area contributed by atoms with Crippen LogP contribution < -0.4 is 5.32 Å². The number of amides is 1. The molecule has 186 valence electrons. The maximum Gasteiger partial charge on any atom is 0.350 e. The minimum absolute atomic E-state index is 0.00380. The van der Waals surface area contributed by atoms with Crippen molar-refractivity contribution in [2.75, 3.05) is 18.5 Å². The number of hydrogen-bond donors (Lipinski definition) is 1. The second-order valence-corrected chi connectivity index (χ2v) is 13.2. The lowest BCUT2D eigenvalue weighted by atomic mass is 9.49. The van der Waals surface area contributed by atoms with Crippen molar-refractivity contribution < 1.29 is 23.9 Å². The number of benzene rings is 1. The van der Waals surface area contributed by atoms with Crippen molar-refractivity contribution in [2.45, 2.75) is 56.2 Å². The zero-order chi connectivity index (χ0) is 24.6. The number of rotatable bonds is 8. The summed E-state index contributed by atoms with van der Waals surface area (Å²) in [6.07, 6.45) is 7.23. The van der Waals surface area contributed by atoms with Crippen molar-refractivity contribution in [3.63, 3.8) is 0 Å². The van der Waals surface area contributed by atoms with Crippen molar-refractivity contribution in [3.05, 3.63) is 41.3 Å². The fourth-order valence-corrected chi connectivity index (χ4v) is 9.33. The van der Waals surface area contributed by atoms with Crippen molar-refractivity contribution in [1.29, 1.82) is 0 Å². The number of anilines is 1. The Hall–Kier alpha value is -2.19. The fraction of sp³-hybridized carbons (Fsp3) is 0.519. The minimum atomic E-state index is -0.488. The Labute approximate surface area is 217 Å². The second kappa shape index (κ2) is 9.69. The Morgan fingerprint density at radius 3 is 2.46 bits per heavy atom. The molecule has 1 aromatic heterocycles. The van der Waals surface area contributed by atoms with E-state index >= 15 is 0 Å². The summed E-state index contributed by atoms with van der Waals surface area (Å²) in [7, 11) is 0. The van der Waals surface area contributed by atoms with Crippen LogP contribution in [-0.2, 0) is 19.1 Å². The first-order valence-electron chi connectivity index (χ1n) is 12.3. The largest absolute Gasteiger partial charge is 0.462 e. The molecule has 0 radical (unpaired) electrons. The number of thiophene rings is 1. The zero-order valence-electron chi connectivity index (χ0n) is 19.8. The Kier molecular flexibility index (Phi) is 6.79. The summed E-state index contributed by atoms with van der Waals surface area (Å²) in [5.74, 6) is 0.0937. The molecule has 4 bridgehead atoms. The van der Waals surface area contributed by atoms with E-state index in [9.17, 15) is 14.4 Å². The third-order valence-corrected chi connectivity index (χ3v) is 9.61. The van der Waals surface area contributed by atoms with Crippen LogP contribution in [0.4, 0.5) is 5.69 Å². The van der Waals surface area contributed by atoms with Crippen molar-refractivity contribution in [2.24, 2.45) is 17.3 Å². The van der Waals surface area contributed by atoms with E-state index in [0.29, 0.717) is 28.8 Å². The van der Waals surface area contributed by atoms with Gasteiger partial charge in [-0.3, -0.25) is 9.59 Å². The first-order valence-corrected chi connectivity index (χ1v) is 13.9. The summed E-state index contributed by atoms with van der Waals surface area (Å²) >= 11 is 5.24. The quantitative estimate of drug-likeness (QED) is 0.307. The molecule has 0 saturated heterocycles. The molecule has 1 aromatic carbocycles. The highest BCUT2D eigenvalue weighted by Gasteiger charge is 2.57. The van der Waals surface area contributed by atoms with Gasteiger partial charge in [0.2, 0.25) is 0 Å². The van der Waals surface area contributed by atoms with Gasteiger partial charge in [-0.1, -0.05) is 46.3 Å². The molecule has 0 spiro atoms. The SMILES string of the molecule is CCOC(=O)c1sc(-c2ccccc2)cc1NC(=O)COC(=O)CC12C[C@H]3C[C@@H](CC(Br)(C3)C1)C2. The van der Waals surface area contributed by atoms with Crippen LogP contribution in [-0.4, -0.2) is 35.4 Å². The molecule has 4 saturated carbocycles. The molecule has 6 rings (SSSR count). The molecular formula is C27H30BrNO5S. The van der Waals surface area contributed by atoms with E-state index in [2.05, 4.69) is 21.2 Å². The molecule has 1 amide bonds.